The highest BCUT2D eigenvalue weighted by Gasteiger charge is 2.12. The molecule has 0 amide bonds. The summed E-state index contributed by atoms with van der Waals surface area (Å²) >= 11 is 0. The molecular weight excluding hydrogens is 252 g/mol. The van der Waals surface area contributed by atoms with Gasteiger partial charge in [-0.2, -0.15) is 4.98 Å². The number of aromatic nitrogens is 3. The van der Waals surface area contributed by atoms with Crippen LogP contribution in [0, 0.1) is 6.92 Å². The van der Waals surface area contributed by atoms with E-state index in [0.717, 1.165) is 16.8 Å². The van der Waals surface area contributed by atoms with Gasteiger partial charge in [-0.25, -0.2) is 0 Å². The highest BCUT2D eigenvalue weighted by Crippen LogP contribution is 2.25. The van der Waals surface area contributed by atoms with E-state index in [9.17, 15) is 0 Å². The number of rotatable bonds is 3. The van der Waals surface area contributed by atoms with E-state index >= 15 is 0 Å². The molecule has 100 valence electrons. The average Bonchev–Trinajstić information content (AvgIpc) is 2.91. The highest BCUT2D eigenvalue weighted by molar-refractivity contribution is 5.70. The summed E-state index contributed by atoms with van der Waals surface area (Å²) in [5.74, 6) is 1.04. The van der Waals surface area contributed by atoms with Gasteiger partial charge in [0.25, 0.3) is 5.89 Å². The van der Waals surface area contributed by atoms with Crippen LogP contribution in [-0.2, 0) is 6.42 Å². The first-order valence-corrected chi connectivity index (χ1v) is 6.31. The van der Waals surface area contributed by atoms with Crippen LogP contribution in [0.15, 0.2) is 47.1 Å². The lowest BCUT2D eigenvalue weighted by atomic mass is 10.1. The number of nitrogen functional groups attached to an aromatic ring is 1. The molecule has 0 atom stereocenters. The molecule has 0 saturated heterocycles. The van der Waals surface area contributed by atoms with Gasteiger partial charge in [0.2, 0.25) is 0 Å². The monoisotopic (exact) mass is 266 g/mol. The molecular formula is C15H14N4O. The molecule has 20 heavy (non-hydrogen) atoms. The maximum atomic E-state index is 5.94. The van der Waals surface area contributed by atoms with Crippen LogP contribution in [-0.4, -0.2) is 15.1 Å². The third-order valence-electron chi connectivity index (χ3n) is 2.97. The normalized spacial score (nSPS) is 10.7. The smallest absolute Gasteiger partial charge is 0.260 e. The second-order valence-corrected chi connectivity index (χ2v) is 4.60. The SMILES string of the molecule is Cc1ccc(N)c(-c2nc(Cc3ccccn3)no2)c1. The van der Waals surface area contributed by atoms with Crippen molar-refractivity contribution < 1.29 is 4.52 Å². The van der Waals surface area contributed by atoms with Crippen molar-refractivity contribution in [2.45, 2.75) is 13.3 Å². The molecule has 5 heteroatoms. The molecule has 0 saturated carbocycles. The Morgan fingerprint density at radius 2 is 2.10 bits per heavy atom. The molecule has 0 radical (unpaired) electrons. The van der Waals surface area contributed by atoms with Crippen LogP contribution >= 0.6 is 0 Å². The largest absolute Gasteiger partial charge is 0.398 e. The summed E-state index contributed by atoms with van der Waals surface area (Å²) in [6.07, 6.45) is 2.28. The Balaban J connectivity index is 1.88. The Morgan fingerprint density at radius 3 is 2.90 bits per heavy atom. The summed E-state index contributed by atoms with van der Waals surface area (Å²) in [7, 11) is 0. The molecule has 0 bridgehead atoms. The second-order valence-electron chi connectivity index (χ2n) is 4.60. The molecule has 3 rings (SSSR count). The lowest BCUT2D eigenvalue weighted by Gasteiger charge is -2.01. The first-order chi connectivity index (χ1) is 9.72. The van der Waals surface area contributed by atoms with Gasteiger partial charge in [0.15, 0.2) is 5.82 Å². The number of hydrogen-bond donors (Lipinski definition) is 1. The van der Waals surface area contributed by atoms with Gasteiger partial charge >= 0.3 is 0 Å². The van der Waals surface area contributed by atoms with Crippen LogP contribution in [0.4, 0.5) is 5.69 Å². The Kier molecular flexibility index (Phi) is 3.16. The number of aryl methyl sites for hydroxylation is 1. The minimum atomic E-state index is 0.442. The molecule has 0 fully saturated rings. The van der Waals surface area contributed by atoms with Crippen LogP contribution in [0.3, 0.4) is 0 Å². The number of pyridine rings is 1. The van der Waals surface area contributed by atoms with Crippen LogP contribution in [0.2, 0.25) is 0 Å². The van der Waals surface area contributed by atoms with E-state index in [4.69, 9.17) is 10.3 Å². The molecule has 0 unspecified atom stereocenters. The Hall–Kier alpha value is -2.69. The summed E-state index contributed by atoms with van der Waals surface area (Å²) in [5, 5.41) is 3.98. The zero-order chi connectivity index (χ0) is 13.9. The fraction of sp³-hybridized carbons (Fsp3) is 0.133. The number of hydrogen-bond acceptors (Lipinski definition) is 5. The summed E-state index contributed by atoms with van der Waals surface area (Å²) in [5.41, 5.74) is 9.34. The molecule has 2 aromatic heterocycles. The molecule has 3 aromatic rings. The van der Waals surface area contributed by atoms with E-state index in [0.29, 0.717) is 23.8 Å². The number of nitrogens with zero attached hydrogens (tertiary/aromatic N) is 3. The lowest BCUT2D eigenvalue weighted by Crippen LogP contribution is -1.94. The standard InChI is InChI=1S/C15H14N4O/c1-10-5-6-13(16)12(8-10)15-18-14(19-20-15)9-11-4-2-3-7-17-11/h2-8H,9,16H2,1H3. The fourth-order valence-electron chi connectivity index (χ4n) is 1.96. The second kappa shape index (κ2) is 5.13. The maximum absolute atomic E-state index is 5.94. The van der Waals surface area contributed by atoms with E-state index < -0.39 is 0 Å². The molecule has 1 aromatic carbocycles. The van der Waals surface area contributed by atoms with Crippen molar-refractivity contribution in [3.05, 3.63) is 59.7 Å². The Morgan fingerprint density at radius 1 is 1.20 bits per heavy atom. The summed E-state index contributed by atoms with van der Waals surface area (Å²) in [6.45, 7) is 1.99. The third-order valence-corrected chi connectivity index (χ3v) is 2.97. The fourth-order valence-corrected chi connectivity index (χ4v) is 1.96. The minimum absolute atomic E-state index is 0.442. The van der Waals surface area contributed by atoms with Gasteiger partial charge in [0.05, 0.1) is 12.0 Å². The van der Waals surface area contributed by atoms with Crippen molar-refractivity contribution >= 4 is 5.69 Å². The van der Waals surface area contributed by atoms with Crippen LogP contribution in [0.5, 0.6) is 0 Å². The summed E-state index contributed by atoms with van der Waals surface area (Å²) in [6, 6.07) is 11.5. The predicted molar refractivity (Wildman–Crippen MR) is 75.9 cm³/mol. The van der Waals surface area contributed by atoms with E-state index in [1.165, 1.54) is 0 Å². The molecule has 5 nitrogen and oxygen atoms in total. The Labute approximate surface area is 116 Å². The van der Waals surface area contributed by atoms with E-state index in [-0.39, 0.29) is 0 Å². The quantitative estimate of drug-likeness (QED) is 0.737. The van der Waals surface area contributed by atoms with Crippen molar-refractivity contribution in [3.63, 3.8) is 0 Å². The third kappa shape index (κ3) is 2.51. The number of benzene rings is 1. The van der Waals surface area contributed by atoms with Gasteiger partial charge in [0.1, 0.15) is 0 Å². The molecule has 0 aliphatic heterocycles. The van der Waals surface area contributed by atoms with E-state index in [1.54, 1.807) is 6.20 Å². The average molecular weight is 266 g/mol. The minimum Gasteiger partial charge on any atom is -0.398 e. The van der Waals surface area contributed by atoms with Gasteiger partial charge in [-0.1, -0.05) is 22.9 Å². The zero-order valence-corrected chi connectivity index (χ0v) is 11.1. The van der Waals surface area contributed by atoms with Crippen molar-refractivity contribution in [2.24, 2.45) is 0 Å². The zero-order valence-electron chi connectivity index (χ0n) is 11.1. The van der Waals surface area contributed by atoms with Crippen LogP contribution in [0.25, 0.3) is 11.5 Å². The van der Waals surface area contributed by atoms with Crippen molar-refractivity contribution in [1.29, 1.82) is 0 Å². The molecule has 0 spiro atoms. The molecule has 2 N–H and O–H groups in total. The van der Waals surface area contributed by atoms with E-state index in [2.05, 4.69) is 15.1 Å². The summed E-state index contributed by atoms with van der Waals surface area (Å²) < 4.78 is 5.29. The lowest BCUT2D eigenvalue weighted by molar-refractivity contribution is 0.424. The number of anilines is 1. The van der Waals surface area contributed by atoms with Gasteiger partial charge in [-0.05, 0) is 31.2 Å². The topological polar surface area (TPSA) is 77.8 Å². The van der Waals surface area contributed by atoms with Crippen LogP contribution in [0.1, 0.15) is 17.1 Å². The molecule has 0 aliphatic carbocycles. The van der Waals surface area contributed by atoms with Crippen molar-refractivity contribution in [1.82, 2.24) is 15.1 Å². The maximum Gasteiger partial charge on any atom is 0.260 e. The first-order valence-electron chi connectivity index (χ1n) is 6.31. The van der Waals surface area contributed by atoms with Gasteiger partial charge in [-0.3, -0.25) is 4.98 Å². The number of nitrogens with two attached hydrogens (primary N) is 1. The van der Waals surface area contributed by atoms with Gasteiger partial charge < -0.3 is 10.3 Å². The van der Waals surface area contributed by atoms with Crippen LogP contribution < -0.4 is 5.73 Å². The van der Waals surface area contributed by atoms with Gasteiger partial charge in [-0.15, -0.1) is 0 Å². The summed E-state index contributed by atoms with van der Waals surface area (Å²) in [4.78, 5) is 8.62. The molecule has 0 aliphatic rings. The molecule has 2 heterocycles. The first kappa shape index (κ1) is 12.3. The van der Waals surface area contributed by atoms with E-state index in [1.807, 2.05) is 43.3 Å². The highest BCUT2D eigenvalue weighted by atomic mass is 16.5. The van der Waals surface area contributed by atoms with Crippen molar-refractivity contribution in [2.75, 3.05) is 5.73 Å². The van der Waals surface area contributed by atoms with Crippen molar-refractivity contribution in [3.8, 4) is 11.5 Å². The Bertz CT molecular complexity index is 722. The predicted octanol–water partition coefficient (Wildman–Crippen LogP) is 2.61. The van der Waals surface area contributed by atoms with Gasteiger partial charge in [0, 0.05) is 17.6 Å².